The summed E-state index contributed by atoms with van der Waals surface area (Å²) in [6.07, 6.45) is 3.17. The molecule has 1 heterocycles. The maximum absolute atomic E-state index is 11.8. The number of hydrogen-bond acceptors (Lipinski definition) is 2. The molecule has 2 nitrogen and oxygen atoms in total. The number of alkyl halides is 2. The van der Waals surface area contributed by atoms with Crippen molar-refractivity contribution in [1.82, 2.24) is 0 Å². The van der Waals surface area contributed by atoms with E-state index in [9.17, 15) is 8.78 Å². The molecule has 0 atom stereocenters. The molecular formula is C9H13F2NO. The molecule has 0 fully saturated rings. The molecule has 0 aliphatic carbocycles. The zero-order valence-corrected chi connectivity index (χ0v) is 7.76. The van der Waals surface area contributed by atoms with E-state index in [0.29, 0.717) is 5.92 Å². The smallest absolute Gasteiger partial charge is 0.388 e. The van der Waals surface area contributed by atoms with Crippen LogP contribution in [0.25, 0.3) is 0 Å². The molecule has 0 aromatic heterocycles. The first kappa shape index (κ1) is 10.2. The summed E-state index contributed by atoms with van der Waals surface area (Å²) in [5, 5.41) is 0. The third-order valence-corrected chi connectivity index (χ3v) is 1.85. The van der Waals surface area contributed by atoms with Gasteiger partial charge in [-0.3, -0.25) is 0 Å². The number of aliphatic imine (C=N–C) groups is 1. The molecule has 4 heteroatoms. The molecule has 0 saturated heterocycles. The average Bonchev–Trinajstić information content (AvgIpc) is 2.03. The summed E-state index contributed by atoms with van der Waals surface area (Å²) in [4.78, 5) is 4.00. The van der Waals surface area contributed by atoms with Gasteiger partial charge in [-0.2, -0.15) is 8.78 Å². The van der Waals surface area contributed by atoms with Crippen molar-refractivity contribution < 1.29 is 13.5 Å². The van der Waals surface area contributed by atoms with E-state index in [1.165, 1.54) is 0 Å². The SMILES string of the molecule is CC(C)C1=NC(OC(F)F)=CCC1. The van der Waals surface area contributed by atoms with Gasteiger partial charge >= 0.3 is 6.61 Å². The van der Waals surface area contributed by atoms with Crippen LogP contribution in [0.15, 0.2) is 17.0 Å². The van der Waals surface area contributed by atoms with Crippen LogP contribution in [0.4, 0.5) is 8.78 Å². The van der Waals surface area contributed by atoms with E-state index in [2.05, 4.69) is 9.73 Å². The molecule has 1 aliphatic rings. The highest BCUT2D eigenvalue weighted by atomic mass is 19.3. The molecule has 0 aromatic rings. The van der Waals surface area contributed by atoms with Crippen molar-refractivity contribution in [3.63, 3.8) is 0 Å². The first-order valence-corrected chi connectivity index (χ1v) is 4.32. The molecule has 0 spiro atoms. The minimum absolute atomic E-state index is 0.0601. The molecule has 0 unspecified atom stereocenters. The van der Waals surface area contributed by atoms with Crippen LogP contribution in [0.1, 0.15) is 26.7 Å². The van der Waals surface area contributed by atoms with Crippen molar-refractivity contribution in [3.8, 4) is 0 Å². The third-order valence-electron chi connectivity index (χ3n) is 1.85. The number of allylic oxidation sites excluding steroid dienone is 1. The molecule has 0 aromatic carbocycles. The Kier molecular flexibility index (Phi) is 3.39. The van der Waals surface area contributed by atoms with E-state index in [1.807, 2.05) is 13.8 Å². The molecule has 74 valence electrons. The highest BCUT2D eigenvalue weighted by molar-refractivity contribution is 5.87. The van der Waals surface area contributed by atoms with Gasteiger partial charge in [0.2, 0.25) is 5.88 Å². The second-order valence-corrected chi connectivity index (χ2v) is 3.22. The maximum atomic E-state index is 11.8. The minimum atomic E-state index is -2.78. The first-order chi connectivity index (χ1) is 6.09. The lowest BCUT2D eigenvalue weighted by molar-refractivity contribution is -0.0970. The van der Waals surface area contributed by atoms with Gasteiger partial charge < -0.3 is 4.74 Å². The van der Waals surface area contributed by atoms with Crippen molar-refractivity contribution in [2.45, 2.75) is 33.3 Å². The fourth-order valence-corrected chi connectivity index (χ4v) is 1.17. The van der Waals surface area contributed by atoms with E-state index < -0.39 is 6.61 Å². The Balaban J connectivity index is 2.62. The van der Waals surface area contributed by atoms with E-state index in [1.54, 1.807) is 6.08 Å². The van der Waals surface area contributed by atoms with Crippen LogP contribution < -0.4 is 0 Å². The molecule has 1 aliphatic heterocycles. The summed E-state index contributed by atoms with van der Waals surface area (Å²) >= 11 is 0. The Morgan fingerprint density at radius 3 is 2.69 bits per heavy atom. The van der Waals surface area contributed by atoms with E-state index >= 15 is 0 Å². The lowest BCUT2D eigenvalue weighted by atomic mass is 10.0. The van der Waals surface area contributed by atoms with Crippen molar-refractivity contribution in [1.29, 1.82) is 0 Å². The van der Waals surface area contributed by atoms with Gasteiger partial charge in [0.15, 0.2) is 0 Å². The quantitative estimate of drug-likeness (QED) is 0.668. The number of rotatable bonds is 3. The predicted octanol–water partition coefficient (Wildman–Crippen LogP) is 2.96. The van der Waals surface area contributed by atoms with Crippen LogP contribution in [0.2, 0.25) is 0 Å². The molecule has 0 saturated carbocycles. The van der Waals surface area contributed by atoms with Gasteiger partial charge in [0.1, 0.15) is 0 Å². The zero-order valence-electron chi connectivity index (χ0n) is 7.76. The highest BCUT2D eigenvalue weighted by Crippen LogP contribution is 2.18. The second kappa shape index (κ2) is 4.35. The van der Waals surface area contributed by atoms with Gasteiger partial charge in [-0.1, -0.05) is 13.8 Å². The largest absolute Gasteiger partial charge is 0.417 e. The lowest BCUT2D eigenvalue weighted by Gasteiger charge is -2.15. The van der Waals surface area contributed by atoms with E-state index in [4.69, 9.17) is 0 Å². The molecule has 1 rings (SSSR count). The number of nitrogens with zero attached hydrogens (tertiary/aromatic N) is 1. The van der Waals surface area contributed by atoms with E-state index in [-0.39, 0.29) is 5.88 Å². The Morgan fingerprint density at radius 1 is 1.46 bits per heavy atom. The number of halogens is 2. The molecule has 13 heavy (non-hydrogen) atoms. The molecule has 0 radical (unpaired) electrons. The Bertz CT molecular complexity index is 234. The van der Waals surface area contributed by atoms with Crippen molar-refractivity contribution in [3.05, 3.63) is 12.0 Å². The summed E-state index contributed by atoms with van der Waals surface area (Å²) in [6, 6.07) is 0. The fourth-order valence-electron chi connectivity index (χ4n) is 1.17. The third kappa shape index (κ3) is 3.13. The predicted molar refractivity (Wildman–Crippen MR) is 46.7 cm³/mol. The van der Waals surface area contributed by atoms with Gasteiger partial charge in [0.05, 0.1) is 0 Å². The van der Waals surface area contributed by atoms with Gasteiger partial charge in [0, 0.05) is 5.71 Å². The highest BCUT2D eigenvalue weighted by Gasteiger charge is 2.13. The van der Waals surface area contributed by atoms with Crippen LogP contribution in [-0.4, -0.2) is 12.3 Å². The molecule has 0 amide bonds. The fraction of sp³-hybridized carbons (Fsp3) is 0.667. The van der Waals surface area contributed by atoms with Gasteiger partial charge in [-0.15, -0.1) is 0 Å². The summed E-state index contributed by atoms with van der Waals surface area (Å²) in [5.74, 6) is 0.356. The Labute approximate surface area is 76.3 Å². The van der Waals surface area contributed by atoms with Crippen LogP contribution in [0.3, 0.4) is 0 Å². The van der Waals surface area contributed by atoms with E-state index in [0.717, 1.165) is 18.6 Å². The number of hydrogen-bond donors (Lipinski definition) is 0. The van der Waals surface area contributed by atoms with Crippen LogP contribution in [0, 0.1) is 5.92 Å². The van der Waals surface area contributed by atoms with Crippen molar-refractivity contribution in [2.75, 3.05) is 0 Å². The average molecular weight is 189 g/mol. The van der Waals surface area contributed by atoms with Crippen molar-refractivity contribution in [2.24, 2.45) is 10.9 Å². The Hall–Kier alpha value is -0.930. The summed E-state index contributed by atoms with van der Waals surface area (Å²) in [7, 11) is 0. The zero-order chi connectivity index (χ0) is 9.84. The molecule has 0 N–H and O–H groups in total. The second-order valence-electron chi connectivity index (χ2n) is 3.22. The molecular weight excluding hydrogens is 176 g/mol. The van der Waals surface area contributed by atoms with Gasteiger partial charge in [-0.05, 0) is 24.8 Å². The lowest BCUT2D eigenvalue weighted by Crippen LogP contribution is -2.12. The standard InChI is InChI=1S/C9H13F2NO/c1-6(2)7-4-3-5-8(12-7)13-9(10)11/h5-6,9H,3-4H2,1-2H3. The normalized spacial score (nSPS) is 17.4. The number of ether oxygens (including phenoxy) is 1. The minimum Gasteiger partial charge on any atom is -0.417 e. The van der Waals surface area contributed by atoms with Crippen molar-refractivity contribution >= 4 is 5.71 Å². The summed E-state index contributed by atoms with van der Waals surface area (Å²) < 4.78 is 27.8. The Morgan fingerprint density at radius 2 is 2.15 bits per heavy atom. The van der Waals surface area contributed by atoms with Gasteiger partial charge in [-0.25, -0.2) is 4.99 Å². The summed E-state index contributed by atoms with van der Waals surface area (Å²) in [5.41, 5.74) is 0.929. The van der Waals surface area contributed by atoms with Crippen LogP contribution in [0.5, 0.6) is 0 Å². The monoisotopic (exact) mass is 189 g/mol. The van der Waals surface area contributed by atoms with Gasteiger partial charge in [0.25, 0.3) is 0 Å². The topological polar surface area (TPSA) is 21.6 Å². The molecule has 0 bridgehead atoms. The van der Waals surface area contributed by atoms with Crippen LogP contribution >= 0.6 is 0 Å². The first-order valence-electron chi connectivity index (χ1n) is 4.32. The summed E-state index contributed by atoms with van der Waals surface area (Å²) in [6.45, 7) is 1.20. The maximum Gasteiger partial charge on any atom is 0.388 e. The van der Waals surface area contributed by atoms with Crippen LogP contribution in [-0.2, 0) is 4.74 Å².